The first-order valence-electron chi connectivity index (χ1n) is 10.5. The monoisotopic (exact) mass is 414 g/mol. The summed E-state index contributed by atoms with van der Waals surface area (Å²) < 4.78 is 5.83. The Morgan fingerprint density at radius 3 is 2.45 bits per heavy atom. The maximum Gasteiger partial charge on any atom is 0.191 e. The molecular weight excluding hydrogens is 380 g/mol. The second-order valence-corrected chi connectivity index (χ2v) is 8.97. The summed E-state index contributed by atoms with van der Waals surface area (Å²) in [5.41, 5.74) is 2.61. The van der Waals surface area contributed by atoms with Crippen LogP contribution in [0, 0.1) is 0 Å². The molecule has 2 N–H and O–H groups in total. The van der Waals surface area contributed by atoms with E-state index < -0.39 is 0 Å². The smallest absolute Gasteiger partial charge is 0.191 e. The quantitative estimate of drug-likeness (QED) is 0.534. The number of thiophene rings is 1. The maximum absolute atomic E-state index is 5.83. The molecule has 2 heterocycles. The van der Waals surface area contributed by atoms with E-state index in [-0.39, 0.29) is 0 Å². The van der Waals surface area contributed by atoms with Crippen LogP contribution in [-0.4, -0.2) is 49.7 Å². The number of aliphatic imine (C=N–C) groups is 1. The Hall–Kier alpha value is -1.89. The van der Waals surface area contributed by atoms with Crippen LogP contribution in [0.15, 0.2) is 46.8 Å². The lowest BCUT2D eigenvalue weighted by atomic mass is 10.1. The third-order valence-corrected chi connectivity index (χ3v) is 6.32. The molecule has 0 amide bonds. The number of morpholine rings is 1. The average molecular weight is 415 g/mol. The molecule has 1 aliphatic rings. The van der Waals surface area contributed by atoms with Crippen molar-refractivity contribution in [2.45, 2.75) is 52.0 Å². The van der Waals surface area contributed by atoms with Gasteiger partial charge in [0.05, 0.1) is 12.2 Å². The molecule has 6 heteroatoms. The zero-order valence-corrected chi connectivity index (χ0v) is 18.8. The van der Waals surface area contributed by atoms with Crippen molar-refractivity contribution < 1.29 is 4.74 Å². The highest BCUT2D eigenvalue weighted by Gasteiger charge is 2.21. The van der Waals surface area contributed by atoms with Crippen molar-refractivity contribution in [1.82, 2.24) is 15.5 Å². The van der Waals surface area contributed by atoms with Gasteiger partial charge in [-0.05, 0) is 36.4 Å². The van der Waals surface area contributed by atoms with E-state index in [0.717, 1.165) is 38.7 Å². The van der Waals surface area contributed by atoms with E-state index in [1.165, 1.54) is 16.0 Å². The predicted octanol–water partition coefficient (Wildman–Crippen LogP) is 3.83. The summed E-state index contributed by atoms with van der Waals surface area (Å²) in [6, 6.07) is 13.2. The highest BCUT2D eigenvalue weighted by molar-refractivity contribution is 7.10. The molecule has 3 unspecified atom stereocenters. The Morgan fingerprint density at radius 2 is 1.83 bits per heavy atom. The second kappa shape index (κ2) is 10.8. The van der Waals surface area contributed by atoms with E-state index in [9.17, 15) is 0 Å². The largest absolute Gasteiger partial charge is 0.373 e. The van der Waals surface area contributed by atoms with E-state index in [1.807, 2.05) is 7.05 Å². The predicted molar refractivity (Wildman–Crippen MR) is 123 cm³/mol. The lowest BCUT2D eigenvalue weighted by molar-refractivity contribution is -0.0704. The molecule has 0 bridgehead atoms. The number of nitrogens with zero attached hydrogens (tertiary/aromatic N) is 2. The topological polar surface area (TPSA) is 48.9 Å². The third kappa shape index (κ3) is 6.84. The maximum atomic E-state index is 5.83. The highest BCUT2D eigenvalue weighted by atomic mass is 32.1. The van der Waals surface area contributed by atoms with Crippen molar-refractivity contribution in [1.29, 1.82) is 0 Å². The molecule has 3 rings (SSSR count). The van der Waals surface area contributed by atoms with Gasteiger partial charge in [-0.15, -0.1) is 11.3 Å². The zero-order chi connectivity index (χ0) is 20.6. The van der Waals surface area contributed by atoms with Crippen LogP contribution in [0.4, 0.5) is 0 Å². The molecule has 1 aromatic carbocycles. The molecule has 3 atom stereocenters. The summed E-state index contributed by atoms with van der Waals surface area (Å²) in [6.45, 7) is 11.2. The van der Waals surface area contributed by atoms with Crippen LogP contribution < -0.4 is 10.6 Å². The summed E-state index contributed by atoms with van der Waals surface area (Å²) in [5, 5.41) is 8.97. The molecule has 0 radical (unpaired) electrons. The summed E-state index contributed by atoms with van der Waals surface area (Å²) in [7, 11) is 1.82. The van der Waals surface area contributed by atoms with Crippen molar-refractivity contribution in [3.63, 3.8) is 0 Å². The SMILES string of the molecule is CN=C(NCc1ccc(CN2CC(C)OC(C)C2)cc1)NCC(C)c1cccs1. The fourth-order valence-electron chi connectivity index (χ4n) is 3.76. The standard InChI is InChI=1S/C23H34N4OS/c1-17(22-6-5-11-29-22)12-25-23(24-4)26-13-20-7-9-21(10-8-20)16-27-14-18(2)28-19(3)15-27/h5-11,17-19H,12-16H2,1-4H3,(H2,24,25,26). The summed E-state index contributed by atoms with van der Waals surface area (Å²) >= 11 is 1.80. The molecule has 158 valence electrons. The van der Waals surface area contributed by atoms with E-state index in [4.69, 9.17) is 4.74 Å². The van der Waals surface area contributed by atoms with Crippen molar-refractivity contribution >= 4 is 17.3 Å². The van der Waals surface area contributed by atoms with Gasteiger partial charge in [0, 0.05) is 50.6 Å². The minimum atomic E-state index is 0.309. The zero-order valence-electron chi connectivity index (χ0n) is 18.0. The van der Waals surface area contributed by atoms with Crippen LogP contribution in [-0.2, 0) is 17.8 Å². The number of guanidine groups is 1. The van der Waals surface area contributed by atoms with Crippen LogP contribution in [0.1, 0.15) is 42.7 Å². The summed E-state index contributed by atoms with van der Waals surface area (Å²) in [6.07, 6.45) is 0.619. The third-order valence-electron chi connectivity index (χ3n) is 5.21. The van der Waals surface area contributed by atoms with Crippen LogP contribution in [0.5, 0.6) is 0 Å². The second-order valence-electron chi connectivity index (χ2n) is 7.99. The van der Waals surface area contributed by atoms with E-state index in [0.29, 0.717) is 18.1 Å². The fraction of sp³-hybridized carbons (Fsp3) is 0.522. The van der Waals surface area contributed by atoms with E-state index >= 15 is 0 Å². The Morgan fingerprint density at radius 1 is 1.14 bits per heavy atom. The molecular formula is C23H34N4OS. The van der Waals surface area contributed by atoms with E-state index in [1.54, 1.807) is 11.3 Å². The number of hydrogen-bond acceptors (Lipinski definition) is 4. The number of nitrogens with one attached hydrogen (secondary N) is 2. The van der Waals surface area contributed by atoms with Crippen LogP contribution in [0.25, 0.3) is 0 Å². The van der Waals surface area contributed by atoms with Crippen molar-refractivity contribution in [2.75, 3.05) is 26.7 Å². The average Bonchev–Trinajstić information content (AvgIpc) is 3.23. The summed E-state index contributed by atoms with van der Waals surface area (Å²) in [4.78, 5) is 8.22. The number of benzene rings is 1. The molecule has 2 aromatic rings. The first kappa shape index (κ1) is 21.8. The molecule has 0 saturated carbocycles. The molecule has 29 heavy (non-hydrogen) atoms. The Labute approximate surface area is 179 Å². The molecule has 1 saturated heterocycles. The fourth-order valence-corrected chi connectivity index (χ4v) is 4.55. The normalized spacial score (nSPS) is 21.7. The highest BCUT2D eigenvalue weighted by Crippen LogP contribution is 2.19. The van der Waals surface area contributed by atoms with Gasteiger partial charge in [0.2, 0.25) is 0 Å². The lowest BCUT2D eigenvalue weighted by Gasteiger charge is -2.35. The number of rotatable bonds is 7. The Bertz CT molecular complexity index is 750. The molecule has 5 nitrogen and oxygen atoms in total. The van der Waals surface area contributed by atoms with Gasteiger partial charge < -0.3 is 15.4 Å². The van der Waals surface area contributed by atoms with Crippen molar-refractivity contribution in [3.05, 3.63) is 57.8 Å². The van der Waals surface area contributed by atoms with E-state index in [2.05, 4.69) is 83.1 Å². The minimum Gasteiger partial charge on any atom is -0.373 e. The Kier molecular flexibility index (Phi) is 8.09. The van der Waals surface area contributed by atoms with Gasteiger partial charge in [0.25, 0.3) is 0 Å². The van der Waals surface area contributed by atoms with Gasteiger partial charge in [-0.1, -0.05) is 37.3 Å². The van der Waals surface area contributed by atoms with Gasteiger partial charge in [-0.2, -0.15) is 0 Å². The van der Waals surface area contributed by atoms with Crippen molar-refractivity contribution in [2.24, 2.45) is 4.99 Å². The number of ether oxygens (including phenoxy) is 1. The Balaban J connectivity index is 1.44. The van der Waals surface area contributed by atoms with Gasteiger partial charge >= 0.3 is 0 Å². The van der Waals surface area contributed by atoms with Crippen LogP contribution in [0.2, 0.25) is 0 Å². The molecule has 1 aliphatic heterocycles. The first-order chi connectivity index (χ1) is 14.0. The minimum absolute atomic E-state index is 0.309. The molecule has 1 fully saturated rings. The molecule has 0 aliphatic carbocycles. The van der Waals surface area contributed by atoms with Crippen LogP contribution >= 0.6 is 11.3 Å². The van der Waals surface area contributed by atoms with Crippen molar-refractivity contribution in [3.8, 4) is 0 Å². The summed E-state index contributed by atoms with van der Waals surface area (Å²) in [5.74, 6) is 1.31. The first-order valence-corrected chi connectivity index (χ1v) is 11.3. The van der Waals surface area contributed by atoms with Crippen LogP contribution in [0.3, 0.4) is 0 Å². The van der Waals surface area contributed by atoms with Gasteiger partial charge in [0.15, 0.2) is 5.96 Å². The molecule has 1 aromatic heterocycles. The number of hydrogen-bond donors (Lipinski definition) is 2. The molecule has 0 spiro atoms. The van der Waals surface area contributed by atoms with Gasteiger partial charge in [0.1, 0.15) is 0 Å². The van der Waals surface area contributed by atoms with Gasteiger partial charge in [-0.3, -0.25) is 9.89 Å². The van der Waals surface area contributed by atoms with Gasteiger partial charge in [-0.25, -0.2) is 0 Å². The lowest BCUT2D eigenvalue weighted by Crippen LogP contribution is -2.44.